The van der Waals surface area contributed by atoms with E-state index in [1.807, 2.05) is 13.0 Å². The third-order valence-corrected chi connectivity index (χ3v) is 3.77. The number of carbonyl (C=O) groups excluding carboxylic acids is 1. The Kier molecular flexibility index (Phi) is 5.88. The van der Waals surface area contributed by atoms with Gasteiger partial charge in [-0.3, -0.25) is 4.79 Å². The summed E-state index contributed by atoms with van der Waals surface area (Å²) in [6.45, 7) is 9.04. The smallest absolute Gasteiger partial charge is 0.253 e. The van der Waals surface area contributed by atoms with Crippen molar-refractivity contribution < 1.29 is 4.79 Å². The number of halogens is 1. The van der Waals surface area contributed by atoms with E-state index >= 15 is 0 Å². The minimum absolute atomic E-state index is 0. The molecule has 19 heavy (non-hydrogen) atoms. The Morgan fingerprint density at radius 2 is 2.26 bits per heavy atom. The topological polar surface area (TPSA) is 46.1 Å². The van der Waals surface area contributed by atoms with Gasteiger partial charge < -0.3 is 15.2 Å². The highest BCUT2D eigenvalue weighted by Gasteiger charge is 2.19. The lowest BCUT2D eigenvalue weighted by atomic mass is 10.1. The molecule has 2 N–H and O–H groups in total. The van der Waals surface area contributed by atoms with E-state index in [2.05, 4.69) is 29.0 Å². The molecule has 0 aliphatic carbocycles. The number of piperidine rings is 1. The zero-order chi connectivity index (χ0) is 13.1. The first-order valence-corrected chi connectivity index (χ1v) is 6.81. The summed E-state index contributed by atoms with van der Waals surface area (Å²) in [4.78, 5) is 12.3. The van der Waals surface area contributed by atoms with Gasteiger partial charge in [0.1, 0.15) is 0 Å². The van der Waals surface area contributed by atoms with Crippen LogP contribution in [0.25, 0.3) is 0 Å². The minimum Gasteiger partial charge on any atom is -0.349 e. The molecule has 1 atom stereocenters. The molecule has 0 aromatic carbocycles. The van der Waals surface area contributed by atoms with E-state index in [1.165, 1.54) is 0 Å². The molecular formula is C14H24ClN3O. The highest BCUT2D eigenvalue weighted by atomic mass is 35.5. The van der Waals surface area contributed by atoms with Crippen molar-refractivity contribution in [2.75, 3.05) is 13.1 Å². The molecule has 0 bridgehead atoms. The van der Waals surface area contributed by atoms with Gasteiger partial charge >= 0.3 is 0 Å². The summed E-state index contributed by atoms with van der Waals surface area (Å²) in [6.07, 6.45) is 2.21. The van der Waals surface area contributed by atoms with E-state index in [4.69, 9.17) is 0 Å². The maximum Gasteiger partial charge on any atom is 0.253 e. The average Bonchev–Trinajstić information content (AvgIpc) is 2.65. The van der Waals surface area contributed by atoms with Gasteiger partial charge in [-0.05, 0) is 46.2 Å². The molecule has 1 amide bonds. The van der Waals surface area contributed by atoms with Crippen molar-refractivity contribution in [2.24, 2.45) is 0 Å². The van der Waals surface area contributed by atoms with E-state index in [-0.39, 0.29) is 24.4 Å². The highest BCUT2D eigenvalue weighted by Crippen LogP contribution is 2.15. The van der Waals surface area contributed by atoms with Crippen LogP contribution < -0.4 is 10.6 Å². The quantitative estimate of drug-likeness (QED) is 0.893. The van der Waals surface area contributed by atoms with Crippen molar-refractivity contribution in [1.82, 2.24) is 15.2 Å². The first-order valence-electron chi connectivity index (χ1n) is 6.81. The second-order valence-electron chi connectivity index (χ2n) is 5.05. The SMILES string of the molecule is CCn1c(C)cc(C(=O)N[C@H]2CCCNC2)c1C.Cl. The minimum atomic E-state index is 0. The molecule has 1 fully saturated rings. The number of nitrogens with zero attached hydrogens (tertiary/aromatic N) is 1. The van der Waals surface area contributed by atoms with Crippen LogP contribution in [-0.4, -0.2) is 29.6 Å². The van der Waals surface area contributed by atoms with Crippen molar-refractivity contribution in [3.05, 3.63) is 23.0 Å². The Hall–Kier alpha value is -1.00. The first kappa shape index (κ1) is 16.1. The third kappa shape index (κ3) is 3.51. The standard InChI is InChI=1S/C14H23N3O.ClH/c1-4-17-10(2)8-13(11(17)3)14(18)16-12-6-5-7-15-9-12;/h8,12,15H,4-7,9H2,1-3H3,(H,16,18);1H/t12-;/m0./s1. The molecule has 108 valence electrons. The Balaban J connectivity index is 0.00000180. The molecule has 0 radical (unpaired) electrons. The zero-order valence-electron chi connectivity index (χ0n) is 12.0. The van der Waals surface area contributed by atoms with Gasteiger partial charge in [0.15, 0.2) is 0 Å². The highest BCUT2D eigenvalue weighted by molar-refractivity contribution is 5.95. The molecule has 1 aliphatic heterocycles. The van der Waals surface area contributed by atoms with E-state index in [0.717, 1.165) is 49.4 Å². The fourth-order valence-corrected chi connectivity index (χ4v) is 2.76. The van der Waals surface area contributed by atoms with Crippen LogP contribution in [0.3, 0.4) is 0 Å². The van der Waals surface area contributed by atoms with E-state index < -0.39 is 0 Å². The van der Waals surface area contributed by atoms with Crippen LogP contribution in [0.1, 0.15) is 41.5 Å². The summed E-state index contributed by atoms with van der Waals surface area (Å²) < 4.78 is 2.17. The lowest BCUT2D eigenvalue weighted by Crippen LogP contribution is -2.45. The molecule has 2 rings (SSSR count). The predicted octanol–water partition coefficient (Wildman–Crippen LogP) is 2.03. The molecule has 5 heteroatoms. The third-order valence-electron chi connectivity index (χ3n) is 3.77. The molecular weight excluding hydrogens is 262 g/mol. The van der Waals surface area contributed by atoms with Crippen molar-refractivity contribution in [1.29, 1.82) is 0 Å². The lowest BCUT2D eigenvalue weighted by molar-refractivity contribution is 0.0930. The Labute approximate surface area is 121 Å². The predicted molar refractivity (Wildman–Crippen MR) is 80.2 cm³/mol. The summed E-state index contributed by atoms with van der Waals surface area (Å²) in [6, 6.07) is 2.26. The summed E-state index contributed by atoms with van der Waals surface area (Å²) >= 11 is 0. The van der Waals surface area contributed by atoms with Gasteiger partial charge in [0.2, 0.25) is 0 Å². The van der Waals surface area contributed by atoms with Crippen molar-refractivity contribution in [3.8, 4) is 0 Å². The molecule has 2 heterocycles. The van der Waals surface area contributed by atoms with E-state index in [0.29, 0.717) is 0 Å². The number of hydrogen-bond acceptors (Lipinski definition) is 2. The summed E-state index contributed by atoms with van der Waals surface area (Å²) in [7, 11) is 0. The largest absolute Gasteiger partial charge is 0.349 e. The number of aromatic nitrogens is 1. The van der Waals surface area contributed by atoms with Gasteiger partial charge in [-0.2, -0.15) is 0 Å². The first-order chi connectivity index (χ1) is 8.63. The van der Waals surface area contributed by atoms with Gasteiger partial charge in [-0.15, -0.1) is 12.4 Å². The molecule has 0 unspecified atom stereocenters. The Bertz CT molecular complexity index is 436. The lowest BCUT2D eigenvalue weighted by Gasteiger charge is -2.23. The Morgan fingerprint density at radius 3 is 2.79 bits per heavy atom. The number of aryl methyl sites for hydroxylation is 1. The summed E-state index contributed by atoms with van der Waals surface area (Å²) in [5.41, 5.74) is 3.04. The maximum absolute atomic E-state index is 12.3. The molecule has 0 spiro atoms. The van der Waals surface area contributed by atoms with E-state index in [1.54, 1.807) is 0 Å². The molecule has 1 aliphatic rings. The van der Waals surface area contributed by atoms with Crippen molar-refractivity contribution >= 4 is 18.3 Å². The average molecular weight is 286 g/mol. The van der Waals surface area contributed by atoms with Crippen LogP contribution in [0.2, 0.25) is 0 Å². The molecule has 4 nitrogen and oxygen atoms in total. The molecule has 1 aromatic heterocycles. The van der Waals surface area contributed by atoms with Crippen LogP contribution in [0.4, 0.5) is 0 Å². The van der Waals surface area contributed by atoms with Crippen LogP contribution in [0, 0.1) is 13.8 Å². The number of nitrogens with one attached hydrogen (secondary N) is 2. The maximum atomic E-state index is 12.3. The zero-order valence-corrected chi connectivity index (χ0v) is 12.8. The fourth-order valence-electron chi connectivity index (χ4n) is 2.76. The van der Waals surface area contributed by atoms with Gasteiger partial charge in [-0.1, -0.05) is 0 Å². The van der Waals surface area contributed by atoms with Crippen LogP contribution in [0.5, 0.6) is 0 Å². The van der Waals surface area contributed by atoms with Gasteiger partial charge in [0, 0.05) is 30.5 Å². The summed E-state index contributed by atoms with van der Waals surface area (Å²) in [5.74, 6) is 0.0662. The number of rotatable bonds is 3. The second-order valence-corrected chi connectivity index (χ2v) is 5.05. The number of amides is 1. The van der Waals surface area contributed by atoms with Gasteiger partial charge in [0.05, 0.1) is 5.56 Å². The number of carbonyl (C=O) groups is 1. The molecule has 1 aromatic rings. The summed E-state index contributed by atoms with van der Waals surface area (Å²) in [5, 5.41) is 6.44. The van der Waals surface area contributed by atoms with E-state index in [9.17, 15) is 4.79 Å². The monoisotopic (exact) mass is 285 g/mol. The van der Waals surface area contributed by atoms with Crippen molar-refractivity contribution in [3.63, 3.8) is 0 Å². The van der Waals surface area contributed by atoms with Gasteiger partial charge in [0.25, 0.3) is 5.91 Å². The number of hydrogen-bond donors (Lipinski definition) is 2. The van der Waals surface area contributed by atoms with Crippen LogP contribution >= 0.6 is 12.4 Å². The Morgan fingerprint density at radius 1 is 1.53 bits per heavy atom. The van der Waals surface area contributed by atoms with Crippen LogP contribution in [0.15, 0.2) is 6.07 Å². The molecule has 1 saturated heterocycles. The normalized spacial score (nSPS) is 18.8. The van der Waals surface area contributed by atoms with Gasteiger partial charge in [-0.25, -0.2) is 0 Å². The second kappa shape index (κ2) is 6.96. The van der Waals surface area contributed by atoms with Crippen LogP contribution in [-0.2, 0) is 6.54 Å². The van der Waals surface area contributed by atoms with Crippen molar-refractivity contribution in [2.45, 2.75) is 46.2 Å². The fraction of sp³-hybridized carbons (Fsp3) is 0.643. The molecule has 0 saturated carbocycles.